The first-order valence-electron chi connectivity index (χ1n) is 6.07. The highest BCUT2D eigenvalue weighted by Gasteiger charge is 2.41. The van der Waals surface area contributed by atoms with E-state index in [1.807, 2.05) is 6.92 Å². The van der Waals surface area contributed by atoms with Crippen molar-refractivity contribution in [1.29, 1.82) is 0 Å². The standard InChI is InChI=1S/C13H16N2O3S/c1-2-11-15(10(7-19-11)13(17)18)12(16)8-4-3-5-9(14)6-8/h3-6,10-11H,2,7,14H2,1H3,(H,17,18). The summed E-state index contributed by atoms with van der Waals surface area (Å²) in [7, 11) is 0. The van der Waals surface area contributed by atoms with Crippen molar-refractivity contribution in [1.82, 2.24) is 4.90 Å². The third kappa shape index (κ3) is 2.68. The predicted octanol–water partition coefficient (Wildman–Crippen LogP) is 1.65. The molecule has 0 radical (unpaired) electrons. The molecule has 6 heteroatoms. The molecule has 0 bridgehead atoms. The molecule has 2 unspecified atom stereocenters. The van der Waals surface area contributed by atoms with Gasteiger partial charge in [-0.2, -0.15) is 0 Å². The van der Waals surface area contributed by atoms with Crippen molar-refractivity contribution in [2.45, 2.75) is 24.8 Å². The maximum atomic E-state index is 12.5. The van der Waals surface area contributed by atoms with Crippen molar-refractivity contribution >= 4 is 29.3 Å². The molecular weight excluding hydrogens is 264 g/mol. The van der Waals surface area contributed by atoms with Crippen molar-refractivity contribution in [3.05, 3.63) is 29.8 Å². The lowest BCUT2D eigenvalue weighted by Gasteiger charge is -2.26. The number of amides is 1. The fraction of sp³-hybridized carbons (Fsp3) is 0.385. The Labute approximate surface area is 115 Å². The Morgan fingerprint density at radius 1 is 1.53 bits per heavy atom. The molecule has 1 aromatic rings. The van der Waals surface area contributed by atoms with Gasteiger partial charge in [-0.1, -0.05) is 13.0 Å². The van der Waals surface area contributed by atoms with Crippen molar-refractivity contribution in [2.75, 3.05) is 11.5 Å². The van der Waals surface area contributed by atoms with Gasteiger partial charge in [0.2, 0.25) is 0 Å². The molecule has 2 rings (SSSR count). The fourth-order valence-electron chi connectivity index (χ4n) is 2.16. The lowest BCUT2D eigenvalue weighted by molar-refractivity contribution is -0.141. The number of nitrogens with two attached hydrogens (primary N) is 1. The maximum Gasteiger partial charge on any atom is 0.327 e. The van der Waals surface area contributed by atoms with Gasteiger partial charge >= 0.3 is 5.97 Å². The van der Waals surface area contributed by atoms with E-state index < -0.39 is 12.0 Å². The van der Waals surface area contributed by atoms with Gasteiger partial charge in [-0.25, -0.2) is 4.79 Å². The minimum Gasteiger partial charge on any atom is -0.480 e. The van der Waals surface area contributed by atoms with E-state index in [4.69, 9.17) is 5.73 Å². The van der Waals surface area contributed by atoms with Crippen LogP contribution in [-0.2, 0) is 4.79 Å². The molecule has 3 N–H and O–H groups in total. The molecule has 0 aliphatic carbocycles. The summed E-state index contributed by atoms with van der Waals surface area (Å²) in [6.07, 6.45) is 0.725. The number of anilines is 1. The van der Waals surface area contributed by atoms with Crippen LogP contribution in [0.2, 0.25) is 0 Å². The van der Waals surface area contributed by atoms with Crippen LogP contribution in [0.5, 0.6) is 0 Å². The number of carboxylic acid groups (broad SMARTS) is 1. The van der Waals surface area contributed by atoms with Crippen LogP contribution in [0.25, 0.3) is 0 Å². The molecule has 5 nitrogen and oxygen atoms in total. The number of thioether (sulfide) groups is 1. The average molecular weight is 280 g/mol. The first-order valence-corrected chi connectivity index (χ1v) is 7.12. The SMILES string of the molecule is CCC1SCC(C(=O)O)N1C(=O)c1cccc(N)c1. The number of hydrogen-bond acceptors (Lipinski definition) is 4. The predicted molar refractivity (Wildman–Crippen MR) is 75.0 cm³/mol. The smallest absolute Gasteiger partial charge is 0.327 e. The molecule has 1 saturated heterocycles. The molecule has 1 amide bonds. The molecule has 0 saturated carbocycles. The largest absolute Gasteiger partial charge is 0.480 e. The monoisotopic (exact) mass is 280 g/mol. The van der Waals surface area contributed by atoms with Crippen LogP contribution in [0.4, 0.5) is 5.69 Å². The van der Waals surface area contributed by atoms with Crippen molar-refractivity contribution in [2.24, 2.45) is 0 Å². The highest BCUT2D eigenvalue weighted by Crippen LogP contribution is 2.32. The van der Waals surface area contributed by atoms with Crippen molar-refractivity contribution < 1.29 is 14.7 Å². The highest BCUT2D eigenvalue weighted by atomic mass is 32.2. The van der Waals surface area contributed by atoms with E-state index in [0.29, 0.717) is 17.0 Å². The number of hydrogen-bond donors (Lipinski definition) is 2. The summed E-state index contributed by atoms with van der Waals surface area (Å²) in [5.41, 5.74) is 6.60. The van der Waals surface area contributed by atoms with Gasteiger partial charge < -0.3 is 15.7 Å². The summed E-state index contributed by atoms with van der Waals surface area (Å²) in [6.45, 7) is 1.95. The summed E-state index contributed by atoms with van der Waals surface area (Å²) >= 11 is 1.51. The normalized spacial score (nSPS) is 22.5. The van der Waals surface area contributed by atoms with E-state index >= 15 is 0 Å². The van der Waals surface area contributed by atoms with Crippen LogP contribution in [-0.4, -0.2) is 39.1 Å². The summed E-state index contributed by atoms with van der Waals surface area (Å²) in [4.78, 5) is 25.2. The Bertz CT molecular complexity index is 506. The van der Waals surface area contributed by atoms with Crippen molar-refractivity contribution in [3.63, 3.8) is 0 Å². The van der Waals surface area contributed by atoms with Gasteiger partial charge in [0.1, 0.15) is 6.04 Å². The second-order valence-electron chi connectivity index (χ2n) is 4.39. The topological polar surface area (TPSA) is 83.6 Å². The molecule has 1 aliphatic rings. The maximum absolute atomic E-state index is 12.5. The average Bonchev–Trinajstić information content (AvgIpc) is 2.81. The van der Waals surface area contributed by atoms with E-state index in [2.05, 4.69) is 0 Å². The minimum absolute atomic E-state index is 0.0879. The van der Waals surface area contributed by atoms with Gasteiger partial charge in [0.05, 0.1) is 5.37 Å². The molecule has 1 aliphatic heterocycles. The molecule has 1 fully saturated rings. The molecule has 1 heterocycles. The van der Waals surface area contributed by atoms with E-state index in [1.54, 1.807) is 24.3 Å². The van der Waals surface area contributed by atoms with Crippen LogP contribution in [0.3, 0.4) is 0 Å². The van der Waals surface area contributed by atoms with E-state index in [0.717, 1.165) is 6.42 Å². The van der Waals surface area contributed by atoms with Gasteiger partial charge in [0.15, 0.2) is 0 Å². The first-order chi connectivity index (χ1) is 9.04. The number of rotatable bonds is 3. The van der Waals surface area contributed by atoms with Crippen LogP contribution in [0.1, 0.15) is 23.7 Å². The number of carboxylic acids is 1. The number of benzene rings is 1. The van der Waals surface area contributed by atoms with E-state index in [9.17, 15) is 14.7 Å². The second kappa shape index (κ2) is 5.52. The minimum atomic E-state index is -0.958. The second-order valence-corrected chi connectivity index (χ2v) is 5.60. The third-order valence-electron chi connectivity index (χ3n) is 3.09. The number of carbonyl (C=O) groups excluding carboxylic acids is 1. The molecular formula is C13H16N2O3S. The van der Waals surface area contributed by atoms with E-state index in [1.165, 1.54) is 16.7 Å². The third-order valence-corrected chi connectivity index (χ3v) is 4.55. The Balaban J connectivity index is 2.31. The Hall–Kier alpha value is -1.69. The summed E-state index contributed by atoms with van der Waals surface area (Å²) < 4.78 is 0. The van der Waals surface area contributed by atoms with E-state index in [-0.39, 0.29) is 11.3 Å². The zero-order chi connectivity index (χ0) is 14.0. The van der Waals surface area contributed by atoms with Crippen LogP contribution in [0, 0.1) is 0 Å². The fourth-order valence-corrected chi connectivity index (χ4v) is 3.51. The highest BCUT2D eigenvalue weighted by molar-refractivity contribution is 8.00. The number of aliphatic carboxylic acids is 1. The molecule has 2 atom stereocenters. The molecule has 0 aromatic heterocycles. The van der Waals surface area contributed by atoms with Gasteiger partial charge in [0, 0.05) is 17.0 Å². The zero-order valence-corrected chi connectivity index (χ0v) is 11.4. The number of nitrogens with zero attached hydrogens (tertiary/aromatic N) is 1. The quantitative estimate of drug-likeness (QED) is 0.822. The molecule has 1 aromatic carbocycles. The summed E-state index contributed by atoms with van der Waals surface area (Å²) in [5.74, 6) is -0.792. The van der Waals surface area contributed by atoms with Crippen LogP contribution >= 0.6 is 11.8 Å². The van der Waals surface area contributed by atoms with Gasteiger partial charge in [-0.05, 0) is 24.6 Å². The van der Waals surface area contributed by atoms with Crippen molar-refractivity contribution in [3.8, 4) is 0 Å². The molecule has 19 heavy (non-hydrogen) atoms. The Kier molecular flexibility index (Phi) is 3.99. The number of nitrogen functional groups attached to an aromatic ring is 1. The molecule has 102 valence electrons. The summed E-state index contributed by atoms with van der Waals surface area (Å²) in [6, 6.07) is 5.87. The van der Waals surface area contributed by atoms with Gasteiger partial charge in [0.25, 0.3) is 5.91 Å². The van der Waals surface area contributed by atoms with Crippen LogP contribution < -0.4 is 5.73 Å². The first kappa shape index (κ1) is 13.7. The lowest BCUT2D eigenvalue weighted by Crippen LogP contribution is -2.45. The van der Waals surface area contributed by atoms with Gasteiger partial charge in [-0.3, -0.25) is 4.79 Å². The molecule has 0 spiro atoms. The Morgan fingerprint density at radius 2 is 2.26 bits per heavy atom. The number of carbonyl (C=O) groups is 2. The summed E-state index contributed by atoms with van der Waals surface area (Å²) in [5, 5.41) is 9.13. The van der Waals surface area contributed by atoms with Gasteiger partial charge in [-0.15, -0.1) is 11.8 Å². The lowest BCUT2D eigenvalue weighted by atomic mass is 10.1. The Morgan fingerprint density at radius 3 is 2.84 bits per heavy atom. The zero-order valence-electron chi connectivity index (χ0n) is 10.6. The van der Waals surface area contributed by atoms with Crippen LogP contribution in [0.15, 0.2) is 24.3 Å².